The quantitative estimate of drug-likeness (QED) is 0.680. The van der Waals surface area contributed by atoms with Gasteiger partial charge in [0.1, 0.15) is 0 Å². The zero-order chi connectivity index (χ0) is 10.8. The lowest BCUT2D eigenvalue weighted by Gasteiger charge is -2.38. The summed E-state index contributed by atoms with van der Waals surface area (Å²) >= 11 is 5.81. The van der Waals surface area contributed by atoms with Crippen molar-refractivity contribution in [3.63, 3.8) is 0 Å². The summed E-state index contributed by atoms with van der Waals surface area (Å²) in [5.74, 6) is 1.63. The minimum absolute atomic E-state index is 0.352. The van der Waals surface area contributed by atoms with Gasteiger partial charge in [0.15, 0.2) is 0 Å². The molecular formula is C11H19ClN2O. The van der Waals surface area contributed by atoms with Crippen LogP contribution >= 0.6 is 11.6 Å². The molecule has 0 aliphatic carbocycles. The molecule has 4 heteroatoms. The van der Waals surface area contributed by atoms with E-state index in [4.69, 9.17) is 11.6 Å². The molecule has 15 heavy (non-hydrogen) atoms. The van der Waals surface area contributed by atoms with Gasteiger partial charge in [0, 0.05) is 44.5 Å². The van der Waals surface area contributed by atoms with Gasteiger partial charge in [-0.05, 0) is 12.3 Å². The lowest BCUT2D eigenvalue weighted by Crippen LogP contribution is -2.52. The van der Waals surface area contributed by atoms with Crippen molar-refractivity contribution in [3.05, 3.63) is 0 Å². The number of piperazine rings is 1. The van der Waals surface area contributed by atoms with Crippen LogP contribution in [0.2, 0.25) is 0 Å². The lowest BCUT2D eigenvalue weighted by atomic mass is 10.1. The fourth-order valence-corrected chi connectivity index (χ4v) is 2.68. The van der Waals surface area contributed by atoms with Crippen LogP contribution in [-0.2, 0) is 4.79 Å². The number of halogens is 1. The van der Waals surface area contributed by atoms with Gasteiger partial charge in [-0.2, -0.15) is 0 Å². The third-order valence-corrected chi connectivity index (χ3v) is 3.94. The Balaban J connectivity index is 1.85. The lowest BCUT2D eigenvalue weighted by molar-refractivity contribution is -0.130. The second-order valence-corrected chi connectivity index (χ2v) is 5.11. The van der Waals surface area contributed by atoms with Crippen LogP contribution in [0.15, 0.2) is 0 Å². The number of hydrogen-bond donors (Lipinski definition) is 0. The molecule has 1 amide bonds. The largest absolute Gasteiger partial charge is 0.337 e. The van der Waals surface area contributed by atoms with Crippen molar-refractivity contribution in [3.8, 4) is 0 Å². The Kier molecular flexibility index (Phi) is 3.52. The Morgan fingerprint density at radius 3 is 3.07 bits per heavy atom. The molecular weight excluding hydrogens is 212 g/mol. The molecule has 0 spiro atoms. The average Bonchev–Trinajstić information content (AvgIpc) is 2.60. The van der Waals surface area contributed by atoms with Gasteiger partial charge in [0.05, 0.1) is 0 Å². The summed E-state index contributed by atoms with van der Waals surface area (Å²) in [5.41, 5.74) is 0. The van der Waals surface area contributed by atoms with Crippen molar-refractivity contribution < 1.29 is 4.79 Å². The first kappa shape index (κ1) is 11.2. The molecule has 2 aliphatic rings. The van der Waals surface area contributed by atoms with E-state index in [0.717, 1.165) is 44.9 Å². The van der Waals surface area contributed by atoms with Crippen LogP contribution in [0.25, 0.3) is 0 Å². The molecule has 0 radical (unpaired) electrons. The smallest absolute Gasteiger partial charge is 0.222 e. The standard InChI is InChI=1S/C11H19ClN2O/c1-9(6-12)7-13-4-5-14-10(8-13)2-3-11(14)15/h9-10H,2-8H2,1H3. The van der Waals surface area contributed by atoms with E-state index in [9.17, 15) is 4.79 Å². The van der Waals surface area contributed by atoms with Gasteiger partial charge in [-0.25, -0.2) is 0 Å². The maximum Gasteiger partial charge on any atom is 0.222 e. The van der Waals surface area contributed by atoms with Gasteiger partial charge >= 0.3 is 0 Å². The Hall–Kier alpha value is -0.280. The van der Waals surface area contributed by atoms with E-state index < -0.39 is 0 Å². The highest BCUT2D eigenvalue weighted by Crippen LogP contribution is 2.23. The predicted octanol–water partition coefficient (Wildman–Crippen LogP) is 1.17. The molecule has 3 nitrogen and oxygen atoms in total. The Morgan fingerprint density at radius 2 is 2.33 bits per heavy atom. The second-order valence-electron chi connectivity index (χ2n) is 4.80. The van der Waals surface area contributed by atoms with E-state index in [1.165, 1.54) is 0 Å². The predicted molar refractivity (Wildman–Crippen MR) is 61.1 cm³/mol. The van der Waals surface area contributed by atoms with Crippen LogP contribution in [0.4, 0.5) is 0 Å². The van der Waals surface area contributed by atoms with Gasteiger partial charge in [-0.1, -0.05) is 6.92 Å². The maximum atomic E-state index is 11.5. The average molecular weight is 231 g/mol. The van der Waals surface area contributed by atoms with Gasteiger partial charge < -0.3 is 4.90 Å². The number of alkyl halides is 1. The second kappa shape index (κ2) is 4.71. The van der Waals surface area contributed by atoms with Crippen LogP contribution in [0.5, 0.6) is 0 Å². The third-order valence-electron chi connectivity index (χ3n) is 3.41. The van der Waals surface area contributed by atoms with Crippen LogP contribution < -0.4 is 0 Å². The molecule has 2 fully saturated rings. The van der Waals surface area contributed by atoms with E-state index in [2.05, 4.69) is 16.7 Å². The van der Waals surface area contributed by atoms with Crippen molar-refractivity contribution >= 4 is 17.5 Å². The fourth-order valence-electron chi connectivity index (χ4n) is 2.58. The Morgan fingerprint density at radius 1 is 1.53 bits per heavy atom. The zero-order valence-electron chi connectivity index (χ0n) is 9.29. The number of hydrogen-bond acceptors (Lipinski definition) is 2. The van der Waals surface area contributed by atoms with Crippen molar-refractivity contribution in [1.29, 1.82) is 0 Å². The summed E-state index contributed by atoms with van der Waals surface area (Å²) in [6.45, 7) is 6.23. The van der Waals surface area contributed by atoms with Crippen molar-refractivity contribution in [2.45, 2.75) is 25.8 Å². The summed E-state index contributed by atoms with van der Waals surface area (Å²) < 4.78 is 0. The molecule has 2 aliphatic heterocycles. The van der Waals surface area contributed by atoms with Gasteiger partial charge in [0.25, 0.3) is 0 Å². The van der Waals surface area contributed by atoms with Gasteiger partial charge in [-0.3, -0.25) is 9.69 Å². The highest BCUT2D eigenvalue weighted by Gasteiger charge is 2.35. The van der Waals surface area contributed by atoms with E-state index in [1.54, 1.807) is 0 Å². The van der Waals surface area contributed by atoms with E-state index in [0.29, 0.717) is 17.9 Å². The molecule has 0 aromatic carbocycles. The van der Waals surface area contributed by atoms with Crippen molar-refractivity contribution in [1.82, 2.24) is 9.80 Å². The highest BCUT2D eigenvalue weighted by atomic mass is 35.5. The number of carbonyl (C=O) groups is 1. The molecule has 0 aromatic rings. The molecule has 86 valence electrons. The topological polar surface area (TPSA) is 23.6 Å². The molecule has 0 bridgehead atoms. The summed E-state index contributed by atoms with van der Waals surface area (Å²) in [4.78, 5) is 16.0. The van der Waals surface area contributed by atoms with Gasteiger partial charge in [-0.15, -0.1) is 11.6 Å². The van der Waals surface area contributed by atoms with Crippen molar-refractivity contribution in [2.75, 3.05) is 32.1 Å². The SMILES string of the molecule is CC(CCl)CN1CCN2C(=O)CCC2C1. The Bertz CT molecular complexity index is 247. The first-order valence-corrected chi connectivity index (χ1v) is 6.32. The minimum atomic E-state index is 0.352. The van der Waals surface area contributed by atoms with Crippen LogP contribution in [-0.4, -0.2) is 53.8 Å². The van der Waals surface area contributed by atoms with Crippen LogP contribution in [0.1, 0.15) is 19.8 Å². The van der Waals surface area contributed by atoms with E-state index >= 15 is 0 Å². The molecule has 2 saturated heterocycles. The summed E-state index contributed by atoms with van der Waals surface area (Å²) in [6, 6.07) is 0.480. The number of rotatable bonds is 3. The molecule has 0 saturated carbocycles. The molecule has 0 N–H and O–H groups in total. The highest BCUT2D eigenvalue weighted by molar-refractivity contribution is 6.18. The normalized spacial score (nSPS) is 29.3. The first-order chi connectivity index (χ1) is 7.20. The molecule has 2 unspecified atom stereocenters. The third kappa shape index (κ3) is 2.45. The molecule has 2 rings (SSSR count). The first-order valence-electron chi connectivity index (χ1n) is 5.78. The monoisotopic (exact) mass is 230 g/mol. The maximum absolute atomic E-state index is 11.5. The van der Waals surface area contributed by atoms with E-state index in [-0.39, 0.29) is 0 Å². The summed E-state index contributed by atoms with van der Waals surface area (Å²) in [7, 11) is 0. The molecule has 2 atom stereocenters. The number of amides is 1. The zero-order valence-corrected chi connectivity index (χ0v) is 10.0. The van der Waals surface area contributed by atoms with Gasteiger partial charge in [0.2, 0.25) is 5.91 Å². The number of fused-ring (bicyclic) bond motifs is 1. The van der Waals surface area contributed by atoms with Crippen molar-refractivity contribution in [2.24, 2.45) is 5.92 Å². The number of carbonyl (C=O) groups excluding carboxylic acids is 1. The summed E-state index contributed by atoms with van der Waals surface area (Å²) in [5, 5.41) is 0. The fraction of sp³-hybridized carbons (Fsp3) is 0.909. The summed E-state index contributed by atoms with van der Waals surface area (Å²) in [6.07, 6.45) is 1.80. The van der Waals surface area contributed by atoms with Crippen LogP contribution in [0, 0.1) is 5.92 Å². The van der Waals surface area contributed by atoms with Crippen LogP contribution in [0.3, 0.4) is 0 Å². The van der Waals surface area contributed by atoms with E-state index in [1.807, 2.05) is 0 Å². The molecule has 0 aromatic heterocycles. The molecule has 2 heterocycles. The number of nitrogens with zero attached hydrogens (tertiary/aromatic N) is 2. The Labute approximate surface area is 96.4 Å². The minimum Gasteiger partial charge on any atom is -0.337 e.